The van der Waals surface area contributed by atoms with Gasteiger partial charge in [-0.3, -0.25) is 0 Å². The van der Waals surface area contributed by atoms with E-state index in [9.17, 15) is 9.59 Å². The maximum atomic E-state index is 12.0. The van der Waals surface area contributed by atoms with E-state index >= 15 is 0 Å². The second kappa shape index (κ2) is 14.3. The highest BCUT2D eigenvalue weighted by Gasteiger charge is 2.14. The fourth-order valence-corrected chi connectivity index (χ4v) is 2.86. The first-order valence-corrected chi connectivity index (χ1v) is 11.3. The lowest BCUT2D eigenvalue weighted by atomic mass is 10.1. The molecule has 0 aliphatic carbocycles. The van der Waals surface area contributed by atoms with Crippen molar-refractivity contribution in [2.75, 3.05) is 27.4 Å². The van der Waals surface area contributed by atoms with E-state index in [1.165, 1.54) is 14.2 Å². The number of benzene rings is 2. The lowest BCUT2D eigenvalue weighted by Crippen LogP contribution is -2.07. The van der Waals surface area contributed by atoms with Crippen LogP contribution in [-0.2, 0) is 9.47 Å². The summed E-state index contributed by atoms with van der Waals surface area (Å²) in [4.78, 5) is 24.0. The second-order valence-electron chi connectivity index (χ2n) is 7.31. The molecule has 2 aromatic rings. The van der Waals surface area contributed by atoms with Crippen LogP contribution < -0.4 is 9.47 Å². The molecule has 6 nitrogen and oxygen atoms in total. The molecule has 0 bridgehead atoms. The first-order valence-electron chi connectivity index (χ1n) is 11.3. The molecule has 0 amide bonds. The van der Waals surface area contributed by atoms with E-state index in [-0.39, 0.29) is 0 Å². The maximum absolute atomic E-state index is 12.0. The molecule has 0 saturated carbocycles. The Morgan fingerprint density at radius 3 is 1.47 bits per heavy atom. The zero-order valence-electron chi connectivity index (χ0n) is 20.2. The number of ether oxygens (including phenoxy) is 4. The average Bonchev–Trinajstić information content (AvgIpc) is 2.86. The van der Waals surface area contributed by atoms with Crippen molar-refractivity contribution in [2.45, 2.75) is 39.5 Å². The molecule has 0 heterocycles. The quantitative estimate of drug-likeness (QED) is 0.280. The van der Waals surface area contributed by atoms with Crippen molar-refractivity contribution in [3.63, 3.8) is 0 Å². The van der Waals surface area contributed by atoms with Crippen molar-refractivity contribution in [3.05, 3.63) is 58.7 Å². The molecule has 0 saturated heterocycles. The molecule has 0 spiro atoms. The number of carbonyl (C=O) groups excluding carboxylic acids is 2. The van der Waals surface area contributed by atoms with Gasteiger partial charge in [0.25, 0.3) is 0 Å². The molecule has 0 N–H and O–H groups in total. The minimum absolute atomic E-state index is 0.358. The summed E-state index contributed by atoms with van der Waals surface area (Å²) < 4.78 is 21.2. The highest BCUT2D eigenvalue weighted by atomic mass is 16.5. The molecular weight excluding hydrogens is 432 g/mol. The fourth-order valence-electron chi connectivity index (χ4n) is 2.86. The number of rotatable bonds is 10. The van der Waals surface area contributed by atoms with Crippen LogP contribution in [0.15, 0.2) is 36.4 Å². The molecule has 0 fully saturated rings. The molecule has 0 aromatic heterocycles. The van der Waals surface area contributed by atoms with E-state index in [0.717, 1.165) is 25.7 Å². The molecule has 0 radical (unpaired) electrons. The summed E-state index contributed by atoms with van der Waals surface area (Å²) in [6.45, 7) is 5.13. The Balaban J connectivity index is 2.24. The highest BCUT2D eigenvalue weighted by Crippen LogP contribution is 2.23. The van der Waals surface area contributed by atoms with Gasteiger partial charge >= 0.3 is 11.9 Å². The fraction of sp³-hybridized carbons (Fsp3) is 0.357. The first-order chi connectivity index (χ1) is 16.5. The topological polar surface area (TPSA) is 71.1 Å². The zero-order chi connectivity index (χ0) is 24.8. The van der Waals surface area contributed by atoms with Crippen LogP contribution in [-0.4, -0.2) is 39.4 Å². The Morgan fingerprint density at radius 2 is 1.12 bits per heavy atom. The third-order valence-corrected chi connectivity index (χ3v) is 4.76. The summed E-state index contributed by atoms with van der Waals surface area (Å²) in [7, 11) is 2.67. The zero-order valence-corrected chi connectivity index (χ0v) is 20.2. The van der Waals surface area contributed by atoms with Gasteiger partial charge in [-0.05, 0) is 61.1 Å². The minimum atomic E-state index is -0.460. The SMILES string of the molecule is CCCCOc1cc(C#CC#Cc2ccc(C(=O)OC)c(OCCCC)c2)ccc1C(=O)OC. The average molecular weight is 463 g/mol. The lowest BCUT2D eigenvalue weighted by Gasteiger charge is -2.10. The van der Waals surface area contributed by atoms with E-state index in [1.54, 1.807) is 36.4 Å². The molecule has 178 valence electrons. The van der Waals surface area contributed by atoms with Gasteiger partial charge in [-0.25, -0.2) is 9.59 Å². The molecule has 34 heavy (non-hydrogen) atoms. The van der Waals surface area contributed by atoms with E-state index < -0.39 is 11.9 Å². The highest BCUT2D eigenvalue weighted by molar-refractivity contribution is 5.93. The van der Waals surface area contributed by atoms with E-state index in [2.05, 4.69) is 37.5 Å². The van der Waals surface area contributed by atoms with Crippen LogP contribution in [0.25, 0.3) is 0 Å². The number of methoxy groups -OCH3 is 2. The van der Waals surface area contributed by atoms with Gasteiger partial charge in [0, 0.05) is 11.1 Å². The van der Waals surface area contributed by atoms with Crippen molar-refractivity contribution in [1.82, 2.24) is 0 Å². The monoisotopic (exact) mass is 462 g/mol. The minimum Gasteiger partial charge on any atom is -0.493 e. The standard InChI is InChI=1S/C28H30O6/c1-5-7-17-33-25-19-21(13-15-23(25)27(29)31-3)11-9-10-12-22-14-16-24(28(30)32-4)26(20-22)34-18-8-6-2/h13-16,19-20H,5-8,17-18H2,1-4H3. The molecule has 0 aliphatic heterocycles. The van der Waals surface area contributed by atoms with Crippen molar-refractivity contribution in [2.24, 2.45) is 0 Å². The molecule has 2 aromatic carbocycles. The van der Waals surface area contributed by atoms with Crippen LogP contribution in [0.3, 0.4) is 0 Å². The Hall–Kier alpha value is -3.90. The number of unbranched alkanes of at least 4 members (excludes halogenated alkanes) is 2. The van der Waals surface area contributed by atoms with E-state index in [0.29, 0.717) is 47.0 Å². The predicted octanol–water partition coefficient (Wildman–Crippen LogP) is 5.02. The third-order valence-electron chi connectivity index (χ3n) is 4.76. The first kappa shape index (κ1) is 26.4. The van der Waals surface area contributed by atoms with Crippen molar-refractivity contribution >= 4 is 11.9 Å². The summed E-state index contributed by atoms with van der Waals surface area (Å²) in [6.07, 6.45) is 3.71. The normalized spacial score (nSPS) is 9.65. The summed E-state index contributed by atoms with van der Waals surface area (Å²) in [5.74, 6) is 11.5. The van der Waals surface area contributed by atoms with Gasteiger partial charge in [0.15, 0.2) is 0 Å². The molecule has 2 rings (SSSR count). The maximum Gasteiger partial charge on any atom is 0.341 e. The van der Waals surface area contributed by atoms with Crippen LogP contribution >= 0.6 is 0 Å². The van der Waals surface area contributed by atoms with Crippen LogP contribution in [0.1, 0.15) is 71.4 Å². The molecule has 0 unspecified atom stereocenters. The predicted molar refractivity (Wildman–Crippen MR) is 130 cm³/mol. The number of esters is 2. The Kier molecular flexibility index (Phi) is 11.1. The smallest absolute Gasteiger partial charge is 0.341 e. The van der Waals surface area contributed by atoms with Gasteiger partial charge in [0.1, 0.15) is 22.6 Å². The number of hydrogen-bond donors (Lipinski definition) is 0. The van der Waals surface area contributed by atoms with Gasteiger partial charge in [-0.1, -0.05) is 38.5 Å². The van der Waals surface area contributed by atoms with Crippen molar-refractivity contribution < 1.29 is 28.5 Å². The second-order valence-corrected chi connectivity index (χ2v) is 7.31. The van der Waals surface area contributed by atoms with E-state index in [1.807, 2.05) is 0 Å². The Morgan fingerprint density at radius 1 is 0.706 bits per heavy atom. The molecule has 6 heteroatoms. The Labute approximate surface area is 201 Å². The van der Waals surface area contributed by atoms with Gasteiger partial charge in [-0.15, -0.1) is 0 Å². The summed E-state index contributed by atoms with van der Waals surface area (Å²) in [6, 6.07) is 10.1. The summed E-state index contributed by atoms with van der Waals surface area (Å²) >= 11 is 0. The third kappa shape index (κ3) is 7.90. The molecule has 0 aliphatic rings. The molecular formula is C28H30O6. The van der Waals surface area contributed by atoms with Crippen molar-refractivity contribution in [3.8, 4) is 35.2 Å². The van der Waals surface area contributed by atoms with Gasteiger partial charge in [0.05, 0.1) is 27.4 Å². The number of carbonyl (C=O) groups is 2. The lowest BCUT2D eigenvalue weighted by molar-refractivity contribution is 0.0586. The van der Waals surface area contributed by atoms with Gasteiger partial charge in [-0.2, -0.15) is 0 Å². The summed E-state index contributed by atoms with van der Waals surface area (Å²) in [5.41, 5.74) is 2.05. The van der Waals surface area contributed by atoms with Gasteiger partial charge < -0.3 is 18.9 Å². The molecule has 0 atom stereocenters. The van der Waals surface area contributed by atoms with Crippen LogP contribution in [0.5, 0.6) is 11.5 Å². The van der Waals surface area contributed by atoms with E-state index in [4.69, 9.17) is 18.9 Å². The van der Waals surface area contributed by atoms with Crippen LogP contribution in [0.2, 0.25) is 0 Å². The Bertz CT molecular complexity index is 1020. The van der Waals surface area contributed by atoms with Crippen molar-refractivity contribution in [1.29, 1.82) is 0 Å². The van der Waals surface area contributed by atoms with Crippen LogP contribution in [0, 0.1) is 23.7 Å². The summed E-state index contributed by atoms with van der Waals surface area (Å²) in [5, 5.41) is 0. The van der Waals surface area contributed by atoms with Gasteiger partial charge in [0.2, 0.25) is 0 Å². The largest absolute Gasteiger partial charge is 0.493 e. The van der Waals surface area contributed by atoms with Crippen LogP contribution in [0.4, 0.5) is 0 Å². The number of hydrogen-bond acceptors (Lipinski definition) is 6.